The van der Waals surface area contributed by atoms with Crippen molar-refractivity contribution in [3.8, 4) is 11.5 Å². The Morgan fingerprint density at radius 3 is 2.50 bits per heavy atom. The average molecular weight is 476 g/mol. The fraction of sp³-hybridized carbons (Fsp3) is 0.348. The quantitative estimate of drug-likeness (QED) is 0.548. The number of carbonyl (C=O) groups excluding carboxylic acids is 1. The molecule has 0 aliphatic carbocycles. The lowest BCUT2D eigenvalue weighted by molar-refractivity contribution is 0.101. The highest BCUT2D eigenvalue weighted by Crippen LogP contribution is 2.42. The van der Waals surface area contributed by atoms with E-state index in [0.29, 0.717) is 55.3 Å². The smallest absolute Gasteiger partial charge is 0.232 e. The van der Waals surface area contributed by atoms with Gasteiger partial charge < -0.3 is 19.3 Å². The van der Waals surface area contributed by atoms with Crippen molar-refractivity contribution in [2.45, 2.75) is 13.5 Å². The zero-order valence-electron chi connectivity index (χ0n) is 17.4. The minimum absolute atomic E-state index is 0.114. The number of allylic oxidation sites excluding steroid dienone is 1. The molecule has 0 spiro atoms. The highest BCUT2D eigenvalue weighted by atomic mass is 79.9. The molecule has 2 aromatic carbocycles. The molecule has 0 bridgehead atoms. The van der Waals surface area contributed by atoms with Gasteiger partial charge >= 0.3 is 0 Å². The lowest BCUT2D eigenvalue weighted by atomic mass is 9.99. The molecule has 0 aromatic heterocycles. The number of hydrogen-bond acceptors (Lipinski definition) is 6. The number of phenolic OH excluding ortho intramolecular Hbond substituents is 1. The fourth-order valence-corrected chi connectivity index (χ4v) is 3.83. The Kier molecular flexibility index (Phi) is 7.66. The minimum atomic E-state index is -0.177. The van der Waals surface area contributed by atoms with E-state index in [9.17, 15) is 9.90 Å². The molecule has 30 heavy (non-hydrogen) atoms. The number of hydrogen-bond donors (Lipinski definition) is 1. The summed E-state index contributed by atoms with van der Waals surface area (Å²) in [5.74, 6) is 0.614. The lowest BCUT2D eigenvalue weighted by Gasteiger charge is -2.23. The number of nitrogens with zero attached hydrogens (tertiary/aromatic N) is 1. The van der Waals surface area contributed by atoms with E-state index in [1.54, 1.807) is 33.3 Å². The van der Waals surface area contributed by atoms with Crippen molar-refractivity contribution in [1.82, 2.24) is 4.90 Å². The summed E-state index contributed by atoms with van der Waals surface area (Å²) in [4.78, 5) is 15.2. The molecule has 0 atom stereocenters. The molecule has 3 rings (SSSR count). The number of benzene rings is 2. The monoisotopic (exact) mass is 475 g/mol. The highest BCUT2D eigenvalue weighted by molar-refractivity contribution is 9.10. The van der Waals surface area contributed by atoms with Crippen LogP contribution in [0, 0.1) is 6.92 Å². The van der Waals surface area contributed by atoms with Crippen LogP contribution in [0.15, 0.2) is 40.6 Å². The van der Waals surface area contributed by atoms with Gasteiger partial charge in [0.05, 0.1) is 24.3 Å². The zero-order chi connectivity index (χ0) is 21.7. The minimum Gasteiger partial charge on any atom is -0.507 e. The van der Waals surface area contributed by atoms with Gasteiger partial charge in [-0.1, -0.05) is 28.1 Å². The summed E-state index contributed by atoms with van der Waals surface area (Å²) < 4.78 is 17.3. The molecule has 1 heterocycles. The van der Waals surface area contributed by atoms with Gasteiger partial charge in [0.25, 0.3) is 0 Å². The third kappa shape index (κ3) is 5.10. The van der Waals surface area contributed by atoms with E-state index in [2.05, 4.69) is 20.8 Å². The van der Waals surface area contributed by atoms with E-state index in [0.717, 1.165) is 10.0 Å². The molecule has 7 heteroatoms. The first-order valence-electron chi connectivity index (χ1n) is 9.70. The number of Topliss-reactive ketones (excluding diaryl/α,β-unsaturated/α-hetero) is 1. The summed E-state index contributed by atoms with van der Waals surface area (Å²) in [6, 6.07) is 9.26. The number of ketones is 1. The van der Waals surface area contributed by atoms with Gasteiger partial charge in [-0.05, 0) is 42.3 Å². The van der Waals surface area contributed by atoms with Crippen molar-refractivity contribution >= 4 is 27.8 Å². The molecule has 0 amide bonds. The molecule has 0 saturated carbocycles. The van der Waals surface area contributed by atoms with Gasteiger partial charge in [0, 0.05) is 38.3 Å². The van der Waals surface area contributed by atoms with E-state index in [-0.39, 0.29) is 17.3 Å². The number of fused-ring (bicyclic) bond motifs is 1. The van der Waals surface area contributed by atoms with E-state index in [1.807, 2.05) is 24.3 Å². The Labute approximate surface area is 185 Å². The van der Waals surface area contributed by atoms with Gasteiger partial charge in [-0.3, -0.25) is 9.69 Å². The largest absolute Gasteiger partial charge is 0.507 e. The standard InChI is InChI=1S/C23H26BrNO5/c1-15-11-19(26)18(14-25(7-9-28-2)8-10-29-3)23-21(15)22(27)20(30-23)13-16-5-4-6-17(24)12-16/h4-6,11-13,26H,7-10,14H2,1-3H3/b20-13+. The molecule has 0 saturated heterocycles. The van der Waals surface area contributed by atoms with Gasteiger partial charge in [-0.2, -0.15) is 0 Å². The van der Waals surface area contributed by atoms with Gasteiger partial charge in [-0.25, -0.2) is 0 Å². The van der Waals surface area contributed by atoms with Crippen LogP contribution in [0.1, 0.15) is 27.0 Å². The van der Waals surface area contributed by atoms with Crippen LogP contribution in [-0.2, 0) is 16.0 Å². The fourth-order valence-electron chi connectivity index (χ4n) is 3.41. The van der Waals surface area contributed by atoms with Crippen molar-refractivity contribution in [1.29, 1.82) is 0 Å². The van der Waals surface area contributed by atoms with Crippen molar-refractivity contribution in [2.75, 3.05) is 40.5 Å². The second kappa shape index (κ2) is 10.2. The number of aryl methyl sites for hydroxylation is 1. The number of ether oxygens (including phenoxy) is 3. The second-order valence-electron chi connectivity index (χ2n) is 7.15. The molecule has 2 aromatic rings. The maximum absolute atomic E-state index is 13.1. The van der Waals surface area contributed by atoms with Crippen LogP contribution in [0.5, 0.6) is 11.5 Å². The molecule has 160 valence electrons. The van der Waals surface area contributed by atoms with Crippen LogP contribution >= 0.6 is 15.9 Å². The third-order valence-corrected chi connectivity index (χ3v) is 5.47. The molecule has 0 fully saturated rings. The summed E-state index contributed by atoms with van der Waals surface area (Å²) in [7, 11) is 3.30. The normalized spacial score (nSPS) is 14.4. The van der Waals surface area contributed by atoms with Crippen LogP contribution in [0.3, 0.4) is 0 Å². The van der Waals surface area contributed by atoms with Gasteiger partial charge in [0.1, 0.15) is 11.5 Å². The van der Waals surface area contributed by atoms with E-state index in [4.69, 9.17) is 14.2 Å². The first kappa shape index (κ1) is 22.5. The summed E-state index contributed by atoms with van der Waals surface area (Å²) in [5, 5.41) is 10.6. The summed E-state index contributed by atoms with van der Waals surface area (Å²) in [6.45, 7) is 4.64. The van der Waals surface area contributed by atoms with Crippen LogP contribution in [0.4, 0.5) is 0 Å². The molecule has 0 unspecified atom stereocenters. The number of phenols is 1. The Morgan fingerprint density at radius 2 is 1.87 bits per heavy atom. The first-order chi connectivity index (χ1) is 14.4. The SMILES string of the molecule is COCCN(CCOC)Cc1c(O)cc(C)c2c1O/C(=C/c1cccc(Br)c1)C2=O. The van der Waals surface area contributed by atoms with Gasteiger partial charge in [0.2, 0.25) is 5.78 Å². The van der Waals surface area contributed by atoms with Gasteiger partial charge in [0.15, 0.2) is 5.76 Å². The second-order valence-corrected chi connectivity index (χ2v) is 8.07. The molecule has 0 radical (unpaired) electrons. The van der Waals surface area contributed by atoms with Crippen LogP contribution in [0.2, 0.25) is 0 Å². The predicted molar refractivity (Wildman–Crippen MR) is 119 cm³/mol. The van der Waals surface area contributed by atoms with Crippen molar-refractivity contribution in [2.24, 2.45) is 0 Å². The van der Waals surface area contributed by atoms with Crippen LogP contribution in [-0.4, -0.2) is 56.3 Å². The predicted octanol–water partition coefficient (Wildman–Crippen LogP) is 4.17. The van der Waals surface area contributed by atoms with Crippen molar-refractivity contribution in [3.63, 3.8) is 0 Å². The maximum atomic E-state index is 13.1. The summed E-state index contributed by atoms with van der Waals surface area (Å²) >= 11 is 3.44. The summed E-state index contributed by atoms with van der Waals surface area (Å²) in [5.41, 5.74) is 2.64. The van der Waals surface area contributed by atoms with Gasteiger partial charge in [-0.15, -0.1) is 0 Å². The molecule has 1 aliphatic rings. The Bertz CT molecular complexity index is 949. The van der Waals surface area contributed by atoms with Crippen molar-refractivity contribution in [3.05, 3.63) is 62.8 Å². The number of methoxy groups -OCH3 is 2. The Balaban J connectivity index is 1.95. The maximum Gasteiger partial charge on any atom is 0.232 e. The average Bonchev–Trinajstić information content (AvgIpc) is 3.03. The highest BCUT2D eigenvalue weighted by Gasteiger charge is 2.33. The third-order valence-electron chi connectivity index (χ3n) is 4.97. The van der Waals surface area contributed by atoms with Crippen LogP contribution < -0.4 is 4.74 Å². The van der Waals surface area contributed by atoms with Crippen LogP contribution in [0.25, 0.3) is 6.08 Å². The molecule has 1 N–H and O–H groups in total. The Morgan fingerprint density at radius 1 is 1.17 bits per heavy atom. The summed E-state index contributed by atoms with van der Waals surface area (Å²) in [6.07, 6.45) is 1.72. The number of carbonyl (C=O) groups is 1. The molecular formula is C23H26BrNO5. The zero-order valence-corrected chi connectivity index (χ0v) is 19.0. The topological polar surface area (TPSA) is 68.2 Å². The van der Waals surface area contributed by atoms with Crippen molar-refractivity contribution < 1.29 is 24.1 Å². The van der Waals surface area contributed by atoms with E-state index in [1.165, 1.54) is 0 Å². The lowest BCUT2D eigenvalue weighted by Crippen LogP contribution is -2.30. The number of aromatic hydroxyl groups is 1. The molecule has 1 aliphatic heterocycles. The molecular weight excluding hydrogens is 450 g/mol. The van der Waals surface area contributed by atoms with E-state index >= 15 is 0 Å². The first-order valence-corrected chi connectivity index (χ1v) is 10.5. The number of halogens is 1. The van der Waals surface area contributed by atoms with E-state index < -0.39 is 0 Å². The number of rotatable bonds is 9. The molecule has 6 nitrogen and oxygen atoms in total. The Hall–Kier alpha value is -2.19.